The number of ether oxygens (including phenoxy) is 1. The van der Waals surface area contributed by atoms with Crippen molar-refractivity contribution in [3.63, 3.8) is 0 Å². The first-order valence-corrected chi connectivity index (χ1v) is 5.35. The lowest BCUT2D eigenvalue weighted by molar-refractivity contribution is -0.116. The Hall–Kier alpha value is -1.03. The number of hydrogen-bond acceptors (Lipinski definition) is 3. The van der Waals surface area contributed by atoms with Gasteiger partial charge in [0.15, 0.2) is 0 Å². The Bertz CT molecular complexity index is 215. The number of methoxy groups -OCH3 is 1. The fourth-order valence-electron chi connectivity index (χ4n) is 1.22. The van der Waals surface area contributed by atoms with Crippen molar-refractivity contribution in [3.05, 3.63) is 11.8 Å². The fourth-order valence-corrected chi connectivity index (χ4v) is 1.22. The van der Waals surface area contributed by atoms with Crippen molar-refractivity contribution < 1.29 is 9.53 Å². The molecule has 0 spiro atoms. The minimum atomic E-state index is -0.146. The van der Waals surface area contributed by atoms with E-state index in [0.717, 1.165) is 12.8 Å². The maximum Gasteiger partial charge on any atom is 0.245 e. The van der Waals surface area contributed by atoms with Gasteiger partial charge in [0.05, 0.1) is 6.61 Å². The van der Waals surface area contributed by atoms with Crippen LogP contribution < -0.4 is 11.1 Å². The lowest BCUT2D eigenvalue weighted by Gasteiger charge is -2.10. The molecule has 3 N–H and O–H groups in total. The molecule has 0 radical (unpaired) electrons. The summed E-state index contributed by atoms with van der Waals surface area (Å²) in [5, 5.41) is 2.69. The zero-order valence-electron chi connectivity index (χ0n) is 9.88. The highest BCUT2D eigenvalue weighted by Gasteiger charge is 2.05. The molecule has 88 valence electrons. The van der Waals surface area contributed by atoms with E-state index < -0.39 is 0 Å². The molecule has 0 rings (SSSR count). The van der Waals surface area contributed by atoms with Crippen molar-refractivity contribution in [3.8, 4) is 0 Å². The van der Waals surface area contributed by atoms with Gasteiger partial charge in [-0.3, -0.25) is 4.79 Å². The molecular weight excluding hydrogens is 192 g/mol. The minimum absolute atomic E-state index is 0.146. The predicted octanol–water partition coefficient (Wildman–Crippen LogP) is 1.03. The summed E-state index contributed by atoms with van der Waals surface area (Å²) in [4.78, 5) is 11.3. The zero-order valence-corrected chi connectivity index (χ0v) is 9.88. The van der Waals surface area contributed by atoms with Gasteiger partial charge in [-0.25, -0.2) is 0 Å². The molecule has 0 aliphatic rings. The minimum Gasteiger partial charge on any atom is -0.402 e. The van der Waals surface area contributed by atoms with E-state index in [0.29, 0.717) is 18.8 Å². The van der Waals surface area contributed by atoms with Gasteiger partial charge in [-0.05, 0) is 12.3 Å². The topological polar surface area (TPSA) is 64.4 Å². The van der Waals surface area contributed by atoms with Crippen molar-refractivity contribution in [1.29, 1.82) is 0 Å². The van der Waals surface area contributed by atoms with Gasteiger partial charge in [0.1, 0.15) is 0 Å². The Morgan fingerprint density at radius 1 is 1.60 bits per heavy atom. The monoisotopic (exact) mass is 214 g/mol. The molecule has 4 nitrogen and oxygen atoms in total. The van der Waals surface area contributed by atoms with Crippen LogP contribution >= 0.6 is 0 Å². The summed E-state index contributed by atoms with van der Waals surface area (Å²) >= 11 is 0. The number of rotatable bonds is 7. The molecule has 0 bridgehead atoms. The van der Waals surface area contributed by atoms with Crippen LogP contribution in [0.5, 0.6) is 0 Å². The van der Waals surface area contributed by atoms with E-state index in [4.69, 9.17) is 10.5 Å². The Morgan fingerprint density at radius 2 is 2.27 bits per heavy atom. The summed E-state index contributed by atoms with van der Waals surface area (Å²) in [6, 6.07) is 0. The Balaban J connectivity index is 3.94. The van der Waals surface area contributed by atoms with E-state index in [1.54, 1.807) is 7.11 Å². The van der Waals surface area contributed by atoms with Crippen molar-refractivity contribution in [2.24, 2.45) is 11.7 Å². The number of amides is 1. The van der Waals surface area contributed by atoms with Gasteiger partial charge in [0.2, 0.25) is 5.91 Å². The summed E-state index contributed by atoms with van der Waals surface area (Å²) in [6.45, 7) is 5.16. The molecule has 0 aliphatic carbocycles. The van der Waals surface area contributed by atoms with Crippen LogP contribution in [0, 0.1) is 5.92 Å². The van der Waals surface area contributed by atoms with Gasteiger partial charge in [0.25, 0.3) is 0 Å². The first-order valence-electron chi connectivity index (χ1n) is 5.35. The van der Waals surface area contributed by atoms with Gasteiger partial charge in [-0.15, -0.1) is 0 Å². The van der Waals surface area contributed by atoms with Crippen LogP contribution in [0.4, 0.5) is 0 Å². The largest absolute Gasteiger partial charge is 0.402 e. The maximum absolute atomic E-state index is 11.3. The Kier molecular flexibility index (Phi) is 7.72. The van der Waals surface area contributed by atoms with Crippen LogP contribution in [0.1, 0.15) is 26.7 Å². The molecule has 15 heavy (non-hydrogen) atoms. The summed E-state index contributed by atoms with van der Waals surface area (Å²) < 4.78 is 4.82. The first kappa shape index (κ1) is 14.0. The fraction of sp³-hybridized carbons (Fsp3) is 0.727. The molecule has 0 aromatic heterocycles. The van der Waals surface area contributed by atoms with Crippen LogP contribution in [0.2, 0.25) is 0 Å². The second-order valence-electron chi connectivity index (χ2n) is 3.62. The van der Waals surface area contributed by atoms with E-state index in [1.165, 1.54) is 6.08 Å². The molecule has 0 aromatic rings. The molecule has 0 saturated heterocycles. The van der Waals surface area contributed by atoms with Crippen molar-refractivity contribution >= 4 is 5.91 Å². The van der Waals surface area contributed by atoms with Gasteiger partial charge >= 0.3 is 0 Å². The molecule has 0 fully saturated rings. The number of carbonyl (C=O) groups is 1. The number of allylic oxidation sites excluding steroid dienone is 1. The quantitative estimate of drug-likeness (QED) is 0.491. The zero-order chi connectivity index (χ0) is 11.7. The van der Waals surface area contributed by atoms with Crippen LogP contribution in [0.15, 0.2) is 11.8 Å². The van der Waals surface area contributed by atoms with Gasteiger partial charge in [0, 0.05) is 25.4 Å². The number of hydrogen-bond donors (Lipinski definition) is 2. The first-order chi connectivity index (χ1) is 7.11. The molecule has 1 atom stereocenters. The number of nitrogens with two attached hydrogens (primary N) is 1. The average molecular weight is 214 g/mol. The molecule has 1 unspecified atom stereocenters. The molecule has 0 aliphatic heterocycles. The highest BCUT2D eigenvalue weighted by molar-refractivity contribution is 5.88. The van der Waals surface area contributed by atoms with E-state index >= 15 is 0 Å². The van der Waals surface area contributed by atoms with Gasteiger partial charge in [-0.1, -0.05) is 20.3 Å². The summed E-state index contributed by atoms with van der Waals surface area (Å²) in [7, 11) is 1.60. The number of carbonyl (C=O) groups excluding carboxylic acids is 1. The normalized spacial score (nSPS) is 13.7. The lowest BCUT2D eigenvalue weighted by atomic mass is 10.0. The third-order valence-corrected chi connectivity index (χ3v) is 2.19. The van der Waals surface area contributed by atoms with E-state index in [2.05, 4.69) is 12.2 Å². The third-order valence-electron chi connectivity index (χ3n) is 2.19. The highest BCUT2D eigenvalue weighted by Crippen LogP contribution is 2.10. The molecule has 0 aromatic carbocycles. The second-order valence-corrected chi connectivity index (χ2v) is 3.62. The van der Waals surface area contributed by atoms with Gasteiger partial charge in [-0.2, -0.15) is 0 Å². The van der Waals surface area contributed by atoms with Crippen molar-refractivity contribution in [2.45, 2.75) is 26.7 Å². The Labute approximate surface area is 91.9 Å². The average Bonchev–Trinajstić information content (AvgIpc) is 2.18. The second kappa shape index (κ2) is 8.29. The predicted molar refractivity (Wildman–Crippen MR) is 61.2 cm³/mol. The maximum atomic E-state index is 11.3. The summed E-state index contributed by atoms with van der Waals surface area (Å²) in [5.74, 6) is 0.121. The van der Waals surface area contributed by atoms with E-state index in [-0.39, 0.29) is 11.8 Å². The third kappa shape index (κ3) is 6.96. The molecule has 0 heterocycles. The van der Waals surface area contributed by atoms with Crippen LogP contribution in [0.25, 0.3) is 0 Å². The highest BCUT2D eigenvalue weighted by atomic mass is 16.5. The SMILES string of the molecule is CCCC(C)/C(N)=C/C(=O)NCCOC. The molecular formula is C11H22N2O2. The number of nitrogens with one attached hydrogen (secondary N) is 1. The van der Waals surface area contributed by atoms with E-state index in [1.807, 2.05) is 6.92 Å². The van der Waals surface area contributed by atoms with Crippen LogP contribution in [-0.4, -0.2) is 26.2 Å². The van der Waals surface area contributed by atoms with Crippen LogP contribution in [-0.2, 0) is 9.53 Å². The summed E-state index contributed by atoms with van der Waals surface area (Å²) in [6.07, 6.45) is 3.55. The molecule has 0 saturated carbocycles. The van der Waals surface area contributed by atoms with Crippen molar-refractivity contribution in [1.82, 2.24) is 5.32 Å². The van der Waals surface area contributed by atoms with Gasteiger partial charge < -0.3 is 15.8 Å². The van der Waals surface area contributed by atoms with Crippen LogP contribution in [0.3, 0.4) is 0 Å². The lowest BCUT2D eigenvalue weighted by Crippen LogP contribution is -2.26. The standard InChI is InChI=1S/C11H22N2O2/c1-4-5-9(2)10(12)8-11(14)13-6-7-15-3/h8-9H,4-7,12H2,1-3H3,(H,13,14)/b10-8-. The summed E-state index contributed by atoms with van der Waals surface area (Å²) in [5.41, 5.74) is 6.42. The smallest absolute Gasteiger partial charge is 0.245 e. The Morgan fingerprint density at radius 3 is 2.80 bits per heavy atom. The van der Waals surface area contributed by atoms with E-state index in [9.17, 15) is 4.79 Å². The molecule has 4 heteroatoms. The molecule has 1 amide bonds. The van der Waals surface area contributed by atoms with Crippen molar-refractivity contribution in [2.75, 3.05) is 20.3 Å².